The molecule has 0 spiro atoms. The summed E-state index contributed by atoms with van der Waals surface area (Å²) < 4.78 is 5.55. The van der Waals surface area contributed by atoms with Gasteiger partial charge in [0.05, 0.1) is 12.8 Å². The van der Waals surface area contributed by atoms with Gasteiger partial charge in [-0.2, -0.15) is 5.10 Å². The van der Waals surface area contributed by atoms with Gasteiger partial charge in [0.2, 0.25) is 0 Å². The number of rotatable bonds is 4. The zero-order chi connectivity index (χ0) is 10.4. The second-order valence-electron chi connectivity index (χ2n) is 3.56. The first-order valence-electron chi connectivity index (χ1n) is 4.68. The molecule has 2 N–H and O–H groups in total. The minimum Gasteiger partial charge on any atom is -0.493 e. The topological polar surface area (TPSA) is 47.6 Å². The first kappa shape index (κ1) is 10.6. The van der Waals surface area contributed by atoms with Crippen molar-refractivity contribution in [3.8, 4) is 5.75 Å². The van der Waals surface area contributed by atoms with E-state index >= 15 is 0 Å². The molecule has 0 bridgehead atoms. The van der Waals surface area contributed by atoms with Crippen molar-refractivity contribution >= 4 is 6.21 Å². The van der Waals surface area contributed by atoms with Crippen LogP contribution in [0.4, 0.5) is 0 Å². The Hall–Kier alpha value is -1.51. The van der Waals surface area contributed by atoms with Crippen LogP contribution in [0.3, 0.4) is 0 Å². The predicted octanol–water partition coefficient (Wildman–Crippen LogP) is 2.01. The van der Waals surface area contributed by atoms with E-state index < -0.39 is 0 Å². The first-order chi connectivity index (χ1) is 6.72. The third kappa shape index (κ3) is 3.47. The van der Waals surface area contributed by atoms with E-state index in [1.165, 1.54) is 0 Å². The molecule has 0 unspecified atom stereocenters. The summed E-state index contributed by atoms with van der Waals surface area (Å²) in [5.41, 5.74) is 0.953. The summed E-state index contributed by atoms with van der Waals surface area (Å²) in [5, 5.41) is 3.46. The molecule has 0 saturated carbocycles. The van der Waals surface area contributed by atoms with Gasteiger partial charge in [0.1, 0.15) is 5.75 Å². The molecule has 76 valence electrons. The lowest BCUT2D eigenvalue weighted by Gasteiger charge is -2.08. The van der Waals surface area contributed by atoms with Crippen molar-refractivity contribution in [3.63, 3.8) is 0 Å². The van der Waals surface area contributed by atoms with E-state index in [0.29, 0.717) is 5.92 Å². The van der Waals surface area contributed by atoms with Crippen molar-refractivity contribution < 1.29 is 4.74 Å². The van der Waals surface area contributed by atoms with Crippen LogP contribution in [0.5, 0.6) is 5.75 Å². The number of hydrazone groups is 1. The fourth-order valence-electron chi connectivity index (χ4n) is 1.03. The van der Waals surface area contributed by atoms with Gasteiger partial charge >= 0.3 is 0 Å². The Kier molecular flexibility index (Phi) is 3.98. The molecule has 1 aromatic rings. The standard InChI is InChI=1S/C11H16N2O/c1-9(2)8-14-11-5-3-4-10(6-11)7-13-12/h3-7,9H,8,12H2,1-2H3. The zero-order valence-electron chi connectivity index (χ0n) is 8.60. The maximum atomic E-state index is 5.55. The number of hydrogen-bond acceptors (Lipinski definition) is 3. The summed E-state index contributed by atoms with van der Waals surface area (Å²) in [6, 6.07) is 7.69. The van der Waals surface area contributed by atoms with E-state index in [4.69, 9.17) is 10.6 Å². The molecule has 0 amide bonds. The number of nitrogens with two attached hydrogens (primary N) is 1. The third-order valence-corrected chi connectivity index (χ3v) is 1.67. The first-order valence-corrected chi connectivity index (χ1v) is 4.68. The smallest absolute Gasteiger partial charge is 0.119 e. The number of nitrogens with zero attached hydrogens (tertiary/aromatic N) is 1. The van der Waals surface area contributed by atoms with Gasteiger partial charge in [-0.15, -0.1) is 0 Å². The zero-order valence-corrected chi connectivity index (χ0v) is 8.60. The van der Waals surface area contributed by atoms with Crippen LogP contribution in [-0.2, 0) is 0 Å². The summed E-state index contributed by atoms with van der Waals surface area (Å²) in [4.78, 5) is 0. The highest BCUT2D eigenvalue weighted by molar-refractivity contribution is 5.79. The van der Waals surface area contributed by atoms with Gasteiger partial charge in [0, 0.05) is 0 Å². The molecule has 3 nitrogen and oxygen atoms in total. The Balaban J connectivity index is 2.63. The van der Waals surface area contributed by atoms with Gasteiger partial charge < -0.3 is 10.6 Å². The van der Waals surface area contributed by atoms with Gasteiger partial charge in [-0.25, -0.2) is 0 Å². The minimum atomic E-state index is 0.529. The van der Waals surface area contributed by atoms with E-state index in [0.717, 1.165) is 17.9 Å². The Morgan fingerprint density at radius 3 is 2.93 bits per heavy atom. The monoisotopic (exact) mass is 192 g/mol. The molecule has 0 aromatic heterocycles. The van der Waals surface area contributed by atoms with E-state index in [2.05, 4.69) is 18.9 Å². The fraction of sp³-hybridized carbons (Fsp3) is 0.364. The maximum absolute atomic E-state index is 5.55. The van der Waals surface area contributed by atoms with E-state index in [1.54, 1.807) is 6.21 Å². The normalized spacial score (nSPS) is 11.1. The summed E-state index contributed by atoms with van der Waals surface area (Å²) in [7, 11) is 0. The highest BCUT2D eigenvalue weighted by atomic mass is 16.5. The quantitative estimate of drug-likeness (QED) is 0.450. The Morgan fingerprint density at radius 2 is 2.29 bits per heavy atom. The van der Waals surface area contributed by atoms with Crippen LogP contribution >= 0.6 is 0 Å². The molecule has 0 aliphatic carbocycles. The lowest BCUT2D eigenvalue weighted by molar-refractivity contribution is 0.271. The summed E-state index contributed by atoms with van der Waals surface area (Å²) >= 11 is 0. The molecule has 0 aliphatic rings. The van der Waals surface area contributed by atoms with E-state index in [-0.39, 0.29) is 0 Å². The lowest BCUT2D eigenvalue weighted by Crippen LogP contribution is -2.04. The van der Waals surface area contributed by atoms with Gasteiger partial charge in [-0.05, 0) is 23.6 Å². The average Bonchev–Trinajstić information content (AvgIpc) is 2.16. The molecule has 0 radical (unpaired) electrons. The molecular formula is C11H16N2O. The van der Waals surface area contributed by atoms with Gasteiger partial charge in [0.15, 0.2) is 0 Å². The molecule has 0 fully saturated rings. The summed E-state index contributed by atoms with van der Waals surface area (Å²) in [6.07, 6.45) is 1.60. The molecule has 1 aromatic carbocycles. The van der Waals surface area contributed by atoms with E-state index in [9.17, 15) is 0 Å². The van der Waals surface area contributed by atoms with Crippen molar-refractivity contribution in [2.45, 2.75) is 13.8 Å². The number of hydrogen-bond donors (Lipinski definition) is 1. The molecule has 3 heteroatoms. The van der Waals surface area contributed by atoms with Crippen molar-refractivity contribution in [2.24, 2.45) is 16.9 Å². The van der Waals surface area contributed by atoms with Crippen LogP contribution in [0.25, 0.3) is 0 Å². The maximum Gasteiger partial charge on any atom is 0.119 e. The summed E-state index contributed by atoms with van der Waals surface area (Å²) in [6.45, 7) is 4.96. The second-order valence-corrected chi connectivity index (χ2v) is 3.56. The largest absolute Gasteiger partial charge is 0.493 e. The second kappa shape index (κ2) is 5.27. The van der Waals surface area contributed by atoms with Crippen molar-refractivity contribution in [3.05, 3.63) is 29.8 Å². The highest BCUT2D eigenvalue weighted by Gasteiger charge is 1.97. The van der Waals surface area contributed by atoms with Crippen molar-refractivity contribution in [1.29, 1.82) is 0 Å². The third-order valence-electron chi connectivity index (χ3n) is 1.67. The lowest BCUT2D eigenvalue weighted by atomic mass is 10.2. The Labute approximate surface area is 84.6 Å². The van der Waals surface area contributed by atoms with Crippen LogP contribution in [-0.4, -0.2) is 12.8 Å². The molecule has 0 aliphatic heterocycles. The Morgan fingerprint density at radius 1 is 1.50 bits per heavy atom. The minimum absolute atomic E-state index is 0.529. The number of ether oxygens (including phenoxy) is 1. The SMILES string of the molecule is CC(C)COc1cccc(C=NN)c1. The van der Waals surface area contributed by atoms with E-state index in [1.807, 2.05) is 24.3 Å². The van der Waals surface area contributed by atoms with Crippen LogP contribution < -0.4 is 10.6 Å². The predicted molar refractivity (Wildman–Crippen MR) is 58.6 cm³/mol. The molecule has 1 rings (SSSR count). The number of benzene rings is 1. The van der Waals surface area contributed by atoms with Gasteiger partial charge in [0.25, 0.3) is 0 Å². The van der Waals surface area contributed by atoms with Crippen molar-refractivity contribution in [1.82, 2.24) is 0 Å². The van der Waals surface area contributed by atoms with Crippen LogP contribution in [0.2, 0.25) is 0 Å². The fourth-order valence-corrected chi connectivity index (χ4v) is 1.03. The molecule has 0 heterocycles. The average molecular weight is 192 g/mol. The van der Waals surface area contributed by atoms with Gasteiger partial charge in [-0.3, -0.25) is 0 Å². The molecule has 0 saturated heterocycles. The van der Waals surface area contributed by atoms with Gasteiger partial charge in [-0.1, -0.05) is 26.0 Å². The van der Waals surface area contributed by atoms with Crippen LogP contribution in [0, 0.1) is 5.92 Å². The van der Waals surface area contributed by atoms with Crippen molar-refractivity contribution in [2.75, 3.05) is 6.61 Å². The molecular weight excluding hydrogens is 176 g/mol. The molecule has 0 atom stereocenters. The summed E-state index contributed by atoms with van der Waals surface area (Å²) in [5.74, 6) is 6.45. The highest BCUT2D eigenvalue weighted by Crippen LogP contribution is 2.12. The van der Waals surface area contributed by atoms with Crippen LogP contribution in [0.1, 0.15) is 19.4 Å². The Bertz CT molecular complexity index is 308. The van der Waals surface area contributed by atoms with Crippen LogP contribution in [0.15, 0.2) is 29.4 Å². The molecule has 14 heavy (non-hydrogen) atoms.